The van der Waals surface area contributed by atoms with E-state index in [1.165, 1.54) is 0 Å². The van der Waals surface area contributed by atoms with Gasteiger partial charge in [0.25, 0.3) is 0 Å². The van der Waals surface area contributed by atoms with Gasteiger partial charge in [-0.15, -0.1) is 0 Å². The fourth-order valence-electron chi connectivity index (χ4n) is 2.76. The van der Waals surface area contributed by atoms with E-state index in [2.05, 4.69) is 0 Å². The lowest BCUT2D eigenvalue weighted by atomic mass is 10.0. The minimum atomic E-state index is -3.06. The summed E-state index contributed by atoms with van der Waals surface area (Å²) in [6, 6.07) is 0. The van der Waals surface area contributed by atoms with Crippen LogP contribution in [0.1, 0.15) is 12.8 Å². The molecule has 0 saturated carbocycles. The van der Waals surface area contributed by atoms with Crippen LogP contribution in [-0.2, 0) is 26.6 Å². The van der Waals surface area contributed by atoms with E-state index in [9.17, 15) is 0 Å². The zero-order valence-electron chi connectivity index (χ0n) is 14.6. The number of nitrogens with two attached hydrogens (primary N) is 2. The van der Waals surface area contributed by atoms with Crippen LogP contribution in [0.25, 0.3) is 0 Å². The Morgan fingerprint density at radius 2 is 1.09 bits per heavy atom. The summed E-state index contributed by atoms with van der Waals surface area (Å²) in [6.07, 6.45) is 1.42. The molecule has 4 N–H and O–H groups in total. The second-order valence-corrected chi connectivity index (χ2v) is 11.7. The Labute approximate surface area is 136 Å². The van der Waals surface area contributed by atoms with Crippen LogP contribution in [0.5, 0.6) is 0 Å². The van der Waals surface area contributed by atoms with Gasteiger partial charge in [-0.05, 0) is 31.8 Å². The lowest BCUT2D eigenvalue weighted by molar-refractivity contribution is 0.0751. The molecule has 1 atom stereocenters. The molecule has 0 rings (SSSR count). The summed E-state index contributed by atoms with van der Waals surface area (Å²) in [5, 5.41) is -0.292. The molecule has 0 bridgehead atoms. The van der Waals surface area contributed by atoms with Crippen molar-refractivity contribution in [3.63, 3.8) is 0 Å². The summed E-state index contributed by atoms with van der Waals surface area (Å²) in [5.41, 5.74) is 11.5. The molecule has 0 aliphatic rings. The quantitative estimate of drug-likeness (QED) is 0.443. The first kappa shape index (κ1) is 22.1. The maximum Gasteiger partial charge on any atom is 0.507 e. The third-order valence-electron chi connectivity index (χ3n) is 4.04. The molecule has 0 fully saturated rings. The highest BCUT2D eigenvalue weighted by Gasteiger charge is 2.64. The van der Waals surface area contributed by atoms with E-state index in [1.807, 2.05) is 0 Å². The van der Waals surface area contributed by atoms with Crippen molar-refractivity contribution in [2.24, 2.45) is 17.4 Å². The van der Waals surface area contributed by atoms with E-state index in [-0.39, 0.29) is 11.1 Å². The zero-order valence-corrected chi connectivity index (χ0v) is 16.6. The summed E-state index contributed by atoms with van der Waals surface area (Å²) in [7, 11) is 3.25. The summed E-state index contributed by atoms with van der Waals surface area (Å²) in [6.45, 7) is 1.05. The molecule has 0 aliphatic carbocycles. The lowest BCUT2D eigenvalue weighted by Crippen LogP contribution is -2.62. The van der Waals surface area contributed by atoms with Gasteiger partial charge in [-0.2, -0.15) is 0 Å². The van der Waals surface area contributed by atoms with Crippen molar-refractivity contribution in [2.45, 2.75) is 18.0 Å². The Morgan fingerprint density at radius 3 is 1.32 bits per heavy atom. The van der Waals surface area contributed by atoms with Gasteiger partial charge in [-0.1, -0.05) is 0 Å². The van der Waals surface area contributed by atoms with Crippen LogP contribution in [0, 0.1) is 5.92 Å². The first-order valence-electron chi connectivity index (χ1n) is 7.20. The molecule has 134 valence electrons. The highest BCUT2D eigenvalue weighted by molar-refractivity contribution is 6.82. The summed E-state index contributed by atoms with van der Waals surface area (Å²) in [4.78, 5) is 0. The largest absolute Gasteiger partial charge is 0.507 e. The molecule has 0 saturated heterocycles. The van der Waals surface area contributed by atoms with Crippen LogP contribution in [-0.4, -0.2) is 73.4 Å². The summed E-state index contributed by atoms with van der Waals surface area (Å²) < 4.78 is 33.9. The normalized spacial score (nSPS) is 14.6. The van der Waals surface area contributed by atoms with Crippen molar-refractivity contribution in [3.05, 3.63) is 0 Å². The SMILES string of the molecule is CO[Si](OC)(OC)C(CC(CN)CCN)[Si](OC)(OC)OC. The molecule has 22 heavy (non-hydrogen) atoms. The van der Waals surface area contributed by atoms with Crippen molar-refractivity contribution in [1.29, 1.82) is 0 Å². The predicted molar refractivity (Wildman–Crippen MR) is 88.1 cm³/mol. The van der Waals surface area contributed by atoms with Gasteiger partial charge in [0, 0.05) is 42.7 Å². The number of rotatable bonds is 13. The van der Waals surface area contributed by atoms with Crippen LogP contribution >= 0.6 is 0 Å². The smallest absolute Gasteiger partial charge is 0.377 e. The maximum absolute atomic E-state index is 5.87. The van der Waals surface area contributed by atoms with Crippen molar-refractivity contribution in [1.82, 2.24) is 0 Å². The van der Waals surface area contributed by atoms with Crippen molar-refractivity contribution >= 4 is 17.6 Å². The Hall–Kier alpha value is 0.114. The standard InChI is InChI=1S/C12H32N2O6Si2/c1-15-21(16-2,17-3)12(9-11(10-14)7-8-13)22(18-4,19-5)20-6/h11-12H,7-10,13-14H2,1-6H3. The van der Waals surface area contributed by atoms with E-state index >= 15 is 0 Å². The minimum absolute atomic E-state index is 0.176. The van der Waals surface area contributed by atoms with Gasteiger partial charge >= 0.3 is 17.6 Å². The molecular weight excluding hydrogens is 324 g/mol. The van der Waals surface area contributed by atoms with Crippen LogP contribution in [0.2, 0.25) is 5.16 Å². The highest BCUT2D eigenvalue weighted by atomic mass is 28.5. The monoisotopic (exact) mass is 356 g/mol. The number of hydrogen-bond donors (Lipinski definition) is 2. The topological polar surface area (TPSA) is 107 Å². The molecule has 1 unspecified atom stereocenters. The van der Waals surface area contributed by atoms with Crippen LogP contribution < -0.4 is 11.5 Å². The molecule has 0 aromatic carbocycles. The molecule has 0 aromatic heterocycles. The molecular formula is C12H32N2O6Si2. The first-order valence-corrected chi connectivity index (χ1v) is 10.8. The average molecular weight is 357 g/mol. The van der Waals surface area contributed by atoms with Crippen molar-refractivity contribution < 1.29 is 26.6 Å². The van der Waals surface area contributed by atoms with Gasteiger partial charge in [0.1, 0.15) is 0 Å². The molecule has 0 aliphatic heterocycles. The van der Waals surface area contributed by atoms with Gasteiger partial charge < -0.3 is 38.0 Å². The van der Waals surface area contributed by atoms with Crippen molar-refractivity contribution in [2.75, 3.05) is 55.7 Å². The van der Waals surface area contributed by atoms with Gasteiger partial charge in [-0.3, -0.25) is 0 Å². The van der Waals surface area contributed by atoms with E-state index in [4.69, 9.17) is 38.0 Å². The Balaban J connectivity index is 5.74. The average Bonchev–Trinajstić information content (AvgIpc) is 2.57. The van der Waals surface area contributed by atoms with E-state index < -0.39 is 17.6 Å². The molecule has 0 amide bonds. The summed E-state index contributed by atoms with van der Waals surface area (Å²) in [5.74, 6) is 0.176. The molecule has 8 nitrogen and oxygen atoms in total. The van der Waals surface area contributed by atoms with Crippen LogP contribution in [0.3, 0.4) is 0 Å². The van der Waals surface area contributed by atoms with Gasteiger partial charge in [0.05, 0.1) is 5.16 Å². The molecule has 10 heteroatoms. The molecule has 0 radical (unpaired) electrons. The second kappa shape index (κ2) is 10.8. The fraction of sp³-hybridized carbons (Fsp3) is 1.00. The van der Waals surface area contributed by atoms with Crippen LogP contribution in [0.15, 0.2) is 0 Å². The van der Waals surface area contributed by atoms with E-state index in [1.54, 1.807) is 42.7 Å². The maximum atomic E-state index is 5.87. The molecule has 0 spiro atoms. The van der Waals surface area contributed by atoms with Gasteiger partial charge in [0.15, 0.2) is 0 Å². The Morgan fingerprint density at radius 1 is 0.727 bits per heavy atom. The minimum Gasteiger partial charge on any atom is -0.377 e. The van der Waals surface area contributed by atoms with Crippen LogP contribution in [0.4, 0.5) is 0 Å². The van der Waals surface area contributed by atoms with Gasteiger partial charge in [0.2, 0.25) is 0 Å². The third-order valence-corrected chi connectivity index (χ3v) is 11.8. The highest BCUT2D eigenvalue weighted by Crippen LogP contribution is 2.40. The lowest BCUT2D eigenvalue weighted by Gasteiger charge is -2.41. The predicted octanol–water partition coefficient (Wildman–Crippen LogP) is -0.0342. The summed E-state index contributed by atoms with van der Waals surface area (Å²) >= 11 is 0. The first-order chi connectivity index (χ1) is 10.5. The third kappa shape index (κ3) is 4.80. The molecule has 0 aromatic rings. The Bertz CT molecular complexity index is 256. The van der Waals surface area contributed by atoms with E-state index in [0.29, 0.717) is 19.5 Å². The van der Waals surface area contributed by atoms with Crippen molar-refractivity contribution in [3.8, 4) is 0 Å². The fourth-order valence-corrected chi connectivity index (χ4v) is 10.6. The Kier molecular flexibility index (Phi) is 10.9. The second-order valence-electron chi connectivity index (χ2n) is 4.90. The zero-order chi connectivity index (χ0) is 17.2. The number of hydrogen-bond acceptors (Lipinski definition) is 8. The van der Waals surface area contributed by atoms with E-state index in [0.717, 1.165) is 6.42 Å². The van der Waals surface area contributed by atoms with Gasteiger partial charge in [-0.25, -0.2) is 0 Å². The molecule has 0 heterocycles.